The average Bonchev–Trinajstić information content (AvgIpc) is 2.16. The van der Waals surface area contributed by atoms with Crippen LogP contribution in [0.25, 0.3) is 0 Å². The van der Waals surface area contributed by atoms with E-state index in [-0.39, 0.29) is 0 Å². The molecular weight excluding hydrogens is 164 g/mol. The lowest BCUT2D eigenvalue weighted by atomic mass is 9.87. The van der Waals surface area contributed by atoms with Crippen LogP contribution in [0.5, 0.6) is 0 Å². The Morgan fingerprint density at radius 2 is 2.08 bits per heavy atom. The molecule has 0 saturated carbocycles. The maximum atomic E-state index is 10.9. The van der Waals surface area contributed by atoms with Gasteiger partial charge in [-0.2, -0.15) is 0 Å². The molecule has 0 radical (unpaired) electrons. The first kappa shape index (κ1) is 8.99. The summed E-state index contributed by atoms with van der Waals surface area (Å²) in [4.78, 5) is 21.5. The second kappa shape index (κ2) is 2.45. The van der Waals surface area contributed by atoms with E-state index in [2.05, 4.69) is 4.74 Å². The van der Waals surface area contributed by atoms with Crippen LogP contribution in [-0.4, -0.2) is 33.9 Å². The fraction of sp³-hybridized carbons (Fsp3) is 0.714. The standard InChI is InChI=1S/C7H10O5/c1-3-5(8)12-4(2)7(3,11)6(9)10/h3-4,11H,1-2H3,(H,9,10)/t3-,4+,7-/m1/s1. The highest BCUT2D eigenvalue weighted by Gasteiger charge is 2.57. The Bertz CT molecular complexity index is 236. The molecule has 1 aliphatic rings. The summed E-state index contributed by atoms with van der Waals surface area (Å²) in [6.45, 7) is 2.69. The summed E-state index contributed by atoms with van der Waals surface area (Å²) in [6, 6.07) is 0. The van der Waals surface area contributed by atoms with Crippen LogP contribution in [0.1, 0.15) is 13.8 Å². The van der Waals surface area contributed by atoms with Gasteiger partial charge in [-0.05, 0) is 13.8 Å². The zero-order chi connectivity index (χ0) is 9.52. The number of carbonyl (C=O) groups is 2. The van der Waals surface area contributed by atoms with Crippen LogP contribution in [0.4, 0.5) is 0 Å². The number of hydrogen-bond donors (Lipinski definition) is 2. The van der Waals surface area contributed by atoms with E-state index < -0.39 is 29.6 Å². The number of rotatable bonds is 1. The van der Waals surface area contributed by atoms with E-state index in [9.17, 15) is 14.7 Å². The summed E-state index contributed by atoms with van der Waals surface area (Å²) >= 11 is 0. The molecule has 0 spiro atoms. The van der Waals surface area contributed by atoms with E-state index in [0.717, 1.165) is 0 Å². The third kappa shape index (κ3) is 0.896. The van der Waals surface area contributed by atoms with Crippen molar-refractivity contribution in [2.75, 3.05) is 0 Å². The van der Waals surface area contributed by atoms with E-state index >= 15 is 0 Å². The number of hydrogen-bond acceptors (Lipinski definition) is 4. The third-order valence-electron chi connectivity index (χ3n) is 2.27. The lowest BCUT2D eigenvalue weighted by Gasteiger charge is -2.21. The van der Waals surface area contributed by atoms with Crippen LogP contribution in [0.15, 0.2) is 0 Å². The number of ether oxygens (including phenoxy) is 1. The predicted molar refractivity (Wildman–Crippen MR) is 37.3 cm³/mol. The van der Waals surface area contributed by atoms with Gasteiger partial charge >= 0.3 is 11.9 Å². The quantitative estimate of drug-likeness (QED) is 0.518. The Labute approximate surface area is 68.9 Å². The topological polar surface area (TPSA) is 83.8 Å². The molecule has 1 saturated heterocycles. The number of carboxylic acids is 1. The number of aliphatic hydroxyl groups is 1. The lowest BCUT2D eigenvalue weighted by molar-refractivity contribution is -0.166. The molecule has 0 amide bonds. The van der Waals surface area contributed by atoms with Gasteiger partial charge in [0.1, 0.15) is 6.10 Å². The molecule has 0 unspecified atom stereocenters. The second-order valence-electron chi connectivity index (χ2n) is 2.93. The molecule has 2 N–H and O–H groups in total. The molecule has 1 fully saturated rings. The fourth-order valence-electron chi connectivity index (χ4n) is 1.26. The monoisotopic (exact) mass is 174 g/mol. The van der Waals surface area contributed by atoms with Crippen LogP contribution >= 0.6 is 0 Å². The van der Waals surface area contributed by atoms with Gasteiger partial charge in [0.25, 0.3) is 0 Å². The molecule has 1 aliphatic heterocycles. The van der Waals surface area contributed by atoms with Crippen molar-refractivity contribution in [1.29, 1.82) is 0 Å². The Morgan fingerprint density at radius 3 is 2.25 bits per heavy atom. The predicted octanol–water partition coefficient (Wildman–Crippen LogP) is -0.616. The number of carbonyl (C=O) groups excluding carboxylic acids is 1. The molecule has 5 nitrogen and oxygen atoms in total. The molecule has 5 heteroatoms. The van der Waals surface area contributed by atoms with Crippen molar-refractivity contribution in [2.45, 2.75) is 25.6 Å². The average molecular weight is 174 g/mol. The number of cyclic esters (lactones) is 1. The van der Waals surface area contributed by atoms with E-state index in [1.165, 1.54) is 13.8 Å². The molecule has 0 bridgehead atoms. The lowest BCUT2D eigenvalue weighted by Crippen LogP contribution is -2.49. The second-order valence-corrected chi connectivity index (χ2v) is 2.93. The van der Waals surface area contributed by atoms with E-state index in [1.807, 2.05) is 0 Å². The number of esters is 1. The first-order valence-electron chi connectivity index (χ1n) is 3.57. The summed E-state index contributed by atoms with van der Waals surface area (Å²) in [5, 5.41) is 18.2. The normalized spacial score (nSPS) is 41.1. The van der Waals surface area contributed by atoms with Gasteiger partial charge in [0, 0.05) is 0 Å². The molecule has 0 aromatic carbocycles. The van der Waals surface area contributed by atoms with Crippen molar-refractivity contribution < 1.29 is 24.5 Å². The molecule has 1 rings (SSSR count). The van der Waals surface area contributed by atoms with Gasteiger partial charge in [0.15, 0.2) is 0 Å². The van der Waals surface area contributed by atoms with Crippen LogP contribution in [0, 0.1) is 5.92 Å². The summed E-state index contributed by atoms with van der Waals surface area (Å²) < 4.78 is 4.58. The van der Waals surface area contributed by atoms with Crippen LogP contribution in [0.3, 0.4) is 0 Å². The summed E-state index contributed by atoms with van der Waals surface area (Å²) in [7, 11) is 0. The minimum Gasteiger partial charge on any atom is -0.479 e. The fourth-order valence-corrected chi connectivity index (χ4v) is 1.26. The maximum Gasteiger partial charge on any atom is 0.340 e. The molecule has 0 aromatic rings. The van der Waals surface area contributed by atoms with E-state index in [4.69, 9.17) is 5.11 Å². The summed E-state index contributed by atoms with van der Waals surface area (Å²) in [5.74, 6) is -3.11. The van der Waals surface area contributed by atoms with Crippen molar-refractivity contribution in [1.82, 2.24) is 0 Å². The van der Waals surface area contributed by atoms with Gasteiger partial charge in [0.05, 0.1) is 5.92 Å². The number of aliphatic carboxylic acids is 1. The van der Waals surface area contributed by atoms with Crippen molar-refractivity contribution in [3.8, 4) is 0 Å². The first-order chi connectivity index (χ1) is 5.40. The Morgan fingerprint density at radius 1 is 1.58 bits per heavy atom. The Balaban J connectivity index is 3.03. The highest BCUT2D eigenvalue weighted by Crippen LogP contribution is 2.32. The van der Waals surface area contributed by atoms with Crippen molar-refractivity contribution in [3.63, 3.8) is 0 Å². The molecule has 68 valence electrons. The van der Waals surface area contributed by atoms with Gasteiger partial charge in [-0.1, -0.05) is 0 Å². The van der Waals surface area contributed by atoms with Crippen molar-refractivity contribution in [2.24, 2.45) is 5.92 Å². The highest BCUT2D eigenvalue weighted by atomic mass is 16.6. The van der Waals surface area contributed by atoms with E-state index in [1.54, 1.807) is 0 Å². The molecule has 12 heavy (non-hydrogen) atoms. The molecule has 1 heterocycles. The van der Waals surface area contributed by atoms with Gasteiger partial charge in [-0.3, -0.25) is 4.79 Å². The Kier molecular flexibility index (Phi) is 1.83. The minimum absolute atomic E-state index is 0.674. The van der Waals surface area contributed by atoms with Crippen LogP contribution in [0.2, 0.25) is 0 Å². The van der Waals surface area contributed by atoms with Crippen LogP contribution < -0.4 is 0 Å². The zero-order valence-electron chi connectivity index (χ0n) is 6.77. The summed E-state index contributed by atoms with van der Waals surface area (Å²) in [5.41, 5.74) is -2.07. The maximum absolute atomic E-state index is 10.9. The van der Waals surface area contributed by atoms with Crippen LogP contribution in [-0.2, 0) is 14.3 Å². The largest absolute Gasteiger partial charge is 0.479 e. The molecule has 3 atom stereocenters. The van der Waals surface area contributed by atoms with Gasteiger partial charge in [-0.15, -0.1) is 0 Å². The minimum atomic E-state index is -2.07. The van der Waals surface area contributed by atoms with E-state index in [0.29, 0.717) is 0 Å². The number of carboxylic acid groups (broad SMARTS) is 1. The molecule has 0 aromatic heterocycles. The van der Waals surface area contributed by atoms with Gasteiger partial charge in [-0.25, -0.2) is 4.79 Å². The smallest absolute Gasteiger partial charge is 0.340 e. The summed E-state index contributed by atoms with van der Waals surface area (Å²) in [6.07, 6.45) is -0.988. The third-order valence-corrected chi connectivity index (χ3v) is 2.27. The molecule has 0 aliphatic carbocycles. The highest BCUT2D eigenvalue weighted by molar-refractivity contribution is 5.89. The van der Waals surface area contributed by atoms with Crippen molar-refractivity contribution >= 4 is 11.9 Å². The van der Waals surface area contributed by atoms with Crippen molar-refractivity contribution in [3.05, 3.63) is 0 Å². The Hall–Kier alpha value is -1.10. The molecular formula is C7H10O5. The van der Waals surface area contributed by atoms with Gasteiger partial charge in [0.2, 0.25) is 5.60 Å². The zero-order valence-corrected chi connectivity index (χ0v) is 6.77. The SMILES string of the molecule is C[C@@H]1OC(=O)[C@@H](C)[C@]1(O)C(=O)O. The first-order valence-corrected chi connectivity index (χ1v) is 3.57. The van der Waals surface area contributed by atoms with Gasteiger partial charge < -0.3 is 14.9 Å².